The van der Waals surface area contributed by atoms with Gasteiger partial charge in [0.25, 0.3) is 0 Å². The molecular weight excluding hydrogens is 1450 g/mol. The van der Waals surface area contributed by atoms with Gasteiger partial charge in [-0.15, -0.1) is 0 Å². The predicted molar refractivity (Wildman–Crippen MR) is 419 cm³/mol. The van der Waals surface area contributed by atoms with Gasteiger partial charge in [0.05, 0.1) is 73.0 Å². The van der Waals surface area contributed by atoms with Crippen molar-refractivity contribution in [2.45, 2.75) is 243 Å². The molecule has 0 radical (unpaired) electrons. The van der Waals surface area contributed by atoms with Crippen LogP contribution in [0.4, 0.5) is 0 Å². The van der Waals surface area contributed by atoms with E-state index in [1.165, 1.54) is 0 Å². The summed E-state index contributed by atoms with van der Waals surface area (Å²) in [5, 5.41) is 29.7. The lowest BCUT2D eigenvalue weighted by molar-refractivity contribution is -0.156. The molecular formula is C88H112N4O21. The first-order valence-corrected chi connectivity index (χ1v) is 38.5. The minimum Gasteiger partial charge on any atom is -0.494 e. The molecule has 0 spiro atoms. The lowest BCUT2D eigenvalue weighted by Gasteiger charge is -2.26. The molecule has 11 rings (SSSR count). The minimum absolute atomic E-state index is 0.00107. The van der Waals surface area contributed by atoms with E-state index in [1.807, 2.05) is 128 Å². The number of carboxylic acids is 2. The normalized spacial score (nSPS) is 15.5. The summed E-state index contributed by atoms with van der Waals surface area (Å²) >= 11 is 0. The Balaban J connectivity index is 0.000000201. The van der Waals surface area contributed by atoms with E-state index in [0.717, 1.165) is 70.1 Å². The fourth-order valence-electron chi connectivity index (χ4n) is 13.3. The molecule has 0 saturated heterocycles. The van der Waals surface area contributed by atoms with Crippen LogP contribution in [0.5, 0.6) is 23.0 Å². The van der Waals surface area contributed by atoms with Gasteiger partial charge >= 0.3 is 23.9 Å². The molecule has 4 N–H and O–H groups in total. The first-order chi connectivity index (χ1) is 53.0. The second-order valence-electron chi connectivity index (χ2n) is 34.4. The number of nitrogens with zero attached hydrogens (tertiary/aromatic N) is 3. The van der Waals surface area contributed by atoms with Crippen molar-refractivity contribution in [2.24, 2.45) is 27.4 Å². The third-order valence-electron chi connectivity index (χ3n) is 18.1. The lowest BCUT2D eigenvalue weighted by Crippen LogP contribution is -2.28. The molecule has 4 aliphatic carbocycles. The number of rotatable bonds is 28. The maximum Gasteiger partial charge on any atom is 0.307 e. The van der Waals surface area contributed by atoms with E-state index >= 15 is 0 Å². The van der Waals surface area contributed by atoms with Gasteiger partial charge in [0, 0.05) is 77.0 Å². The van der Waals surface area contributed by atoms with Gasteiger partial charge < -0.3 is 57.9 Å². The average Bonchev–Trinajstić information content (AvgIpc) is 1.67. The van der Waals surface area contributed by atoms with Gasteiger partial charge in [-0.1, -0.05) is 119 Å². The number of carboxylic acid groups (broad SMARTS) is 2. The number of aromatic nitrogens is 3. The number of primary amides is 1. The van der Waals surface area contributed by atoms with Crippen LogP contribution in [0.3, 0.4) is 0 Å². The highest BCUT2D eigenvalue weighted by molar-refractivity contribution is 6.02. The van der Waals surface area contributed by atoms with Gasteiger partial charge in [-0.25, -0.2) is 0 Å². The molecule has 4 aromatic carbocycles. The second kappa shape index (κ2) is 40.2. The fraction of sp³-hybridized carbons (Fsp3) is 0.511. The molecule has 0 atom stereocenters. The maximum absolute atomic E-state index is 12.5. The Morgan fingerprint density at radius 3 is 0.929 bits per heavy atom. The van der Waals surface area contributed by atoms with Gasteiger partial charge in [0.2, 0.25) is 5.91 Å². The highest BCUT2D eigenvalue weighted by Gasteiger charge is 2.39. The Morgan fingerprint density at radius 2 is 0.664 bits per heavy atom. The van der Waals surface area contributed by atoms with E-state index in [0.29, 0.717) is 168 Å². The summed E-state index contributed by atoms with van der Waals surface area (Å²) in [5.74, 6) is 2.79. The van der Waals surface area contributed by atoms with Gasteiger partial charge in [-0.3, -0.25) is 47.9 Å². The predicted octanol–water partition coefficient (Wildman–Crippen LogP) is 15.8. The Bertz CT molecular complexity index is 4250. The molecule has 7 aromatic rings. The molecule has 610 valence electrons. The molecule has 0 aliphatic heterocycles. The van der Waals surface area contributed by atoms with E-state index in [2.05, 4.69) is 57.0 Å². The number of benzene rings is 4. The number of hydrogen-bond donors (Lipinski definition) is 3. The number of esters is 2. The van der Waals surface area contributed by atoms with Crippen LogP contribution in [-0.4, -0.2) is 122 Å². The van der Waals surface area contributed by atoms with Crippen molar-refractivity contribution >= 4 is 58.7 Å². The Hall–Kier alpha value is -10.6. The maximum atomic E-state index is 12.5. The van der Waals surface area contributed by atoms with Crippen LogP contribution in [0.25, 0.3) is 0 Å². The molecule has 25 heteroatoms. The zero-order valence-corrected chi connectivity index (χ0v) is 68.0. The molecule has 25 nitrogen and oxygen atoms in total. The number of carbonyl (C=O) groups is 10. The molecule has 3 heterocycles. The third-order valence-corrected chi connectivity index (χ3v) is 18.1. The standard InChI is InChI=1S/C24H31NO5.C20H24N2O4.C20H23NO5.C16H22O5.C8H12O2/c1-23(2,3)29-21(27)7-6-12-28-17-10-8-16(9-11-17)13-20-22-18(25-30-20)14-24(4,5)15-19(22)26;1-20(2)11-15-19(16(23)12-20)17(26-22-15)10-13-5-7-14(8-6-13)25-9-3-4-18(21)24;1-20(2)11-15-19(16(22)12-20)17(26-21-15)10-13-5-7-14(8-6-13)25-9-3-4-18(23)24;1-16(2,3)21-15(19)5-4-10-20-13-8-6-12(7-9-13)11-14(17)18;1-8(2)4-6(9)3-7(10)5-8/h8-11H,6-7,12-15H2,1-5H3;5-8H,3-4,9-12H2,1-2H3,(H2,21,24);5-8H,3-4,9-12H2,1-2H3,(H,23,24);6-9H,4-5,10-11H2,1-3H3,(H,17,18);3-5H2,1-2H3. The minimum atomic E-state index is -0.860. The Labute approximate surface area is 661 Å². The monoisotopic (exact) mass is 1560 g/mol. The summed E-state index contributed by atoms with van der Waals surface area (Å²) in [6, 6.07) is 29.7. The first kappa shape index (κ1) is 89.6. The number of fused-ring (bicyclic) bond motifs is 3. The lowest BCUT2D eigenvalue weighted by atomic mass is 9.75. The number of amides is 1. The van der Waals surface area contributed by atoms with E-state index in [9.17, 15) is 47.9 Å². The van der Waals surface area contributed by atoms with Gasteiger partial charge in [0.15, 0.2) is 34.6 Å². The van der Waals surface area contributed by atoms with Crippen molar-refractivity contribution in [3.63, 3.8) is 0 Å². The molecule has 1 fully saturated rings. The van der Waals surface area contributed by atoms with Crippen molar-refractivity contribution in [3.05, 3.63) is 170 Å². The summed E-state index contributed by atoms with van der Waals surface area (Å²) in [7, 11) is 0. The van der Waals surface area contributed by atoms with Crippen molar-refractivity contribution in [2.75, 3.05) is 26.4 Å². The van der Waals surface area contributed by atoms with Crippen molar-refractivity contribution in [1.82, 2.24) is 15.5 Å². The van der Waals surface area contributed by atoms with Crippen LogP contribution in [0.15, 0.2) is 111 Å². The molecule has 1 saturated carbocycles. The fourth-order valence-corrected chi connectivity index (χ4v) is 13.3. The molecule has 0 unspecified atom stereocenters. The average molecular weight is 1560 g/mol. The van der Waals surface area contributed by atoms with Gasteiger partial charge in [-0.05, 0) is 179 Å². The molecule has 113 heavy (non-hydrogen) atoms. The van der Waals surface area contributed by atoms with Crippen molar-refractivity contribution < 1.29 is 100 Å². The summed E-state index contributed by atoms with van der Waals surface area (Å²) in [6.07, 6.45) is 9.98. The highest BCUT2D eigenvalue weighted by atomic mass is 16.6. The van der Waals surface area contributed by atoms with E-state index in [4.69, 9.17) is 57.9 Å². The number of Topliss-reactive ketones (excluding diaryl/α,β-unsaturated/α-hetero) is 5. The van der Waals surface area contributed by atoms with Crippen molar-refractivity contribution in [3.8, 4) is 23.0 Å². The number of ether oxygens (including phenoxy) is 6. The zero-order chi connectivity index (χ0) is 83.1. The van der Waals surface area contributed by atoms with E-state index in [1.54, 1.807) is 24.3 Å². The largest absolute Gasteiger partial charge is 0.494 e. The Morgan fingerprint density at radius 1 is 0.389 bits per heavy atom. The Kier molecular flexibility index (Phi) is 31.9. The number of nitrogens with two attached hydrogens (primary N) is 1. The van der Waals surface area contributed by atoms with Crippen LogP contribution in [0.2, 0.25) is 0 Å². The van der Waals surface area contributed by atoms with Crippen molar-refractivity contribution in [1.29, 1.82) is 0 Å². The summed E-state index contributed by atoms with van der Waals surface area (Å²) < 4.78 is 49.2. The highest BCUT2D eigenvalue weighted by Crippen LogP contribution is 2.40. The summed E-state index contributed by atoms with van der Waals surface area (Å²) in [5.41, 5.74) is 11.9. The third kappa shape index (κ3) is 31.5. The van der Waals surface area contributed by atoms with Gasteiger partial charge in [-0.2, -0.15) is 0 Å². The zero-order valence-electron chi connectivity index (χ0n) is 68.0. The molecule has 3 aromatic heterocycles. The SMILES string of the molecule is CC(C)(C)OC(=O)CCCOc1ccc(CC(=O)O)cc1.CC1(C)CC(=O)CC(=O)C1.CC1(C)CC(=O)c2c(noc2Cc2ccc(OCCCC(=O)O)cc2)C1.CC1(C)CC(=O)c2c(noc2Cc2ccc(OCCCC(=O)OC(C)(C)C)cc2)C1.CC1(C)CC(=O)c2c(noc2Cc2ccc(OCCCC(N)=O)cc2)C1. The van der Waals surface area contributed by atoms with Crippen LogP contribution in [0.1, 0.15) is 275 Å². The topological polar surface area (TPSA) is 371 Å². The van der Waals surface area contributed by atoms with Crippen LogP contribution in [-0.2, 0) is 88.0 Å². The molecule has 4 aliphatic rings. The van der Waals surface area contributed by atoms with E-state index < -0.39 is 23.1 Å². The first-order valence-electron chi connectivity index (χ1n) is 38.5. The van der Waals surface area contributed by atoms with Gasteiger partial charge in [0.1, 0.15) is 45.8 Å². The van der Waals surface area contributed by atoms with Crippen LogP contribution < -0.4 is 24.7 Å². The number of ketones is 5. The second-order valence-corrected chi connectivity index (χ2v) is 34.4. The number of aliphatic carboxylic acids is 2. The van der Waals surface area contributed by atoms with E-state index in [-0.39, 0.29) is 87.7 Å². The molecule has 1 amide bonds. The smallest absolute Gasteiger partial charge is 0.307 e. The van der Waals surface area contributed by atoms with Crippen LogP contribution in [0, 0.1) is 21.7 Å². The summed E-state index contributed by atoms with van der Waals surface area (Å²) in [4.78, 5) is 114. The number of hydrogen-bond acceptors (Lipinski definition) is 22. The molecule has 0 bridgehead atoms. The van der Waals surface area contributed by atoms with Crippen LogP contribution >= 0.6 is 0 Å². The number of carbonyl (C=O) groups excluding carboxylic acids is 8. The summed E-state index contributed by atoms with van der Waals surface area (Å²) in [6.45, 7) is 29.1. The quantitative estimate of drug-likeness (QED) is 0.0233.